The van der Waals surface area contributed by atoms with Crippen LogP contribution in [0.3, 0.4) is 0 Å². The Balaban J connectivity index is 1.92. The average molecular weight is 140 g/mol. The molecule has 0 unspecified atom stereocenters. The maximum atomic E-state index is 10.9. The van der Waals surface area contributed by atoms with Crippen LogP contribution in [0, 0.1) is 17.8 Å². The predicted octanol–water partition coefficient (Wildman–Crippen LogP) is 1.21. The molecule has 56 valence electrons. The summed E-state index contributed by atoms with van der Waals surface area (Å²) >= 11 is 0. The highest BCUT2D eigenvalue weighted by atomic mass is 16.5. The highest BCUT2D eigenvalue weighted by Crippen LogP contribution is 2.53. The van der Waals surface area contributed by atoms with Crippen molar-refractivity contribution < 1.29 is 9.53 Å². The molecule has 0 aromatic carbocycles. The van der Waals surface area contributed by atoms with Gasteiger partial charge >= 0.3 is 5.97 Å². The van der Waals surface area contributed by atoms with Gasteiger partial charge in [0.2, 0.25) is 0 Å². The van der Waals surface area contributed by atoms with E-state index in [9.17, 15) is 4.79 Å². The van der Waals surface area contributed by atoms with Crippen LogP contribution in [0.15, 0.2) is 0 Å². The van der Waals surface area contributed by atoms with E-state index in [1.807, 2.05) is 0 Å². The molecule has 0 aromatic heterocycles. The molecule has 2 fully saturated rings. The molecule has 3 atom stereocenters. The van der Waals surface area contributed by atoms with E-state index in [0.717, 1.165) is 0 Å². The molecule has 0 aromatic rings. The quantitative estimate of drug-likeness (QED) is 0.539. The molecule has 1 aliphatic carbocycles. The van der Waals surface area contributed by atoms with Crippen LogP contribution >= 0.6 is 0 Å². The van der Waals surface area contributed by atoms with Crippen LogP contribution in [0.5, 0.6) is 0 Å². The fourth-order valence-electron chi connectivity index (χ4n) is 2.02. The van der Waals surface area contributed by atoms with Crippen molar-refractivity contribution >= 4 is 5.97 Å². The Kier molecular flexibility index (Phi) is 1.22. The third-order valence-electron chi connectivity index (χ3n) is 2.64. The van der Waals surface area contributed by atoms with Crippen LogP contribution in [0.4, 0.5) is 0 Å². The first-order valence-corrected chi connectivity index (χ1v) is 4.01. The van der Waals surface area contributed by atoms with Crippen molar-refractivity contribution in [3.8, 4) is 0 Å². The van der Waals surface area contributed by atoms with Crippen molar-refractivity contribution in [3.05, 3.63) is 0 Å². The van der Waals surface area contributed by atoms with Gasteiger partial charge in [-0.25, -0.2) is 0 Å². The SMILES string of the molecule is CCC[C@H]1[C@H]2COC(=O)[C@H]21. The lowest BCUT2D eigenvalue weighted by Crippen LogP contribution is -2.04. The normalized spacial score (nSPS) is 42.9. The molecule has 0 amide bonds. The molecular formula is C8H12O2. The number of carbonyl (C=O) groups excluding carboxylic acids is 1. The zero-order chi connectivity index (χ0) is 7.14. The summed E-state index contributed by atoms with van der Waals surface area (Å²) in [6, 6.07) is 0. The summed E-state index contributed by atoms with van der Waals surface area (Å²) in [6.45, 7) is 2.87. The molecule has 2 nitrogen and oxygen atoms in total. The first kappa shape index (κ1) is 6.20. The molecule has 2 aliphatic rings. The number of hydrogen-bond donors (Lipinski definition) is 0. The van der Waals surface area contributed by atoms with Gasteiger partial charge in [-0.1, -0.05) is 13.3 Å². The lowest BCUT2D eigenvalue weighted by molar-refractivity contribution is -0.141. The second-order valence-corrected chi connectivity index (χ2v) is 3.27. The molecule has 0 spiro atoms. The molecule has 1 saturated carbocycles. The summed E-state index contributed by atoms with van der Waals surface area (Å²) in [5.41, 5.74) is 0. The Bertz CT molecular complexity index is 165. The minimum Gasteiger partial charge on any atom is -0.465 e. The maximum Gasteiger partial charge on any atom is 0.309 e. The predicted molar refractivity (Wildman–Crippen MR) is 36.3 cm³/mol. The molecule has 2 rings (SSSR count). The van der Waals surface area contributed by atoms with E-state index in [-0.39, 0.29) is 5.97 Å². The summed E-state index contributed by atoms with van der Waals surface area (Å²) in [4.78, 5) is 10.9. The van der Waals surface area contributed by atoms with Crippen molar-refractivity contribution in [2.24, 2.45) is 17.8 Å². The van der Waals surface area contributed by atoms with Crippen LogP contribution in [0.25, 0.3) is 0 Å². The van der Waals surface area contributed by atoms with E-state index < -0.39 is 0 Å². The first-order chi connectivity index (χ1) is 4.84. The Hall–Kier alpha value is -0.530. The summed E-state index contributed by atoms with van der Waals surface area (Å²) in [5.74, 6) is 1.65. The molecule has 10 heavy (non-hydrogen) atoms. The van der Waals surface area contributed by atoms with E-state index >= 15 is 0 Å². The van der Waals surface area contributed by atoms with Crippen LogP contribution in [0.1, 0.15) is 19.8 Å². The number of hydrogen-bond acceptors (Lipinski definition) is 2. The van der Waals surface area contributed by atoms with E-state index in [0.29, 0.717) is 24.4 Å². The molecule has 0 bridgehead atoms. The van der Waals surface area contributed by atoms with Gasteiger partial charge < -0.3 is 4.74 Å². The fourth-order valence-corrected chi connectivity index (χ4v) is 2.02. The highest BCUT2D eigenvalue weighted by Gasteiger charge is 2.59. The third kappa shape index (κ3) is 0.678. The zero-order valence-electron chi connectivity index (χ0n) is 6.17. The Labute approximate surface area is 60.6 Å². The van der Waals surface area contributed by atoms with Gasteiger partial charge in [0.05, 0.1) is 12.5 Å². The lowest BCUT2D eigenvalue weighted by Gasteiger charge is -2.00. The Morgan fingerprint density at radius 1 is 1.70 bits per heavy atom. The Morgan fingerprint density at radius 2 is 2.50 bits per heavy atom. The largest absolute Gasteiger partial charge is 0.465 e. The number of ether oxygens (including phenoxy) is 1. The molecule has 0 N–H and O–H groups in total. The topological polar surface area (TPSA) is 26.3 Å². The third-order valence-corrected chi connectivity index (χ3v) is 2.64. The van der Waals surface area contributed by atoms with Gasteiger partial charge in [0.1, 0.15) is 0 Å². The second-order valence-electron chi connectivity index (χ2n) is 3.27. The van der Waals surface area contributed by atoms with E-state index in [2.05, 4.69) is 6.92 Å². The van der Waals surface area contributed by atoms with Gasteiger partial charge in [-0.05, 0) is 12.3 Å². The molecule has 2 heteroatoms. The van der Waals surface area contributed by atoms with E-state index in [1.54, 1.807) is 0 Å². The van der Waals surface area contributed by atoms with Crippen molar-refractivity contribution in [3.63, 3.8) is 0 Å². The molecule has 0 radical (unpaired) electrons. The zero-order valence-corrected chi connectivity index (χ0v) is 6.17. The van der Waals surface area contributed by atoms with Crippen LogP contribution in [-0.2, 0) is 9.53 Å². The van der Waals surface area contributed by atoms with E-state index in [1.165, 1.54) is 12.8 Å². The first-order valence-electron chi connectivity index (χ1n) is 4.01. The standard InChI is InChI=1S/C8H12O2/c1-2-3-5-6-4-10-8(9)7(5)6/h5-7H,2-4H2,1H3/t5-,6+,7-/m0/s1. The van der Waals surface area contributed by atoms with Crippen LogP contribution in [0.2, 0.25) is 0 Å². The van der Waals surface area contributed by atoms with Gasteiger partial charge in [-0.2, -0.15) is 0 Å². The number of carbonyl (C=O) groups is 1. The maximum absolute atomic E-state index is 10.9. The van der Waals surface area contributed by atoms with Gasteiger partial charge in [-0.15, -0.1) is 0 Å². The average Bonchev–Trinajstić information content (AvgIpc) is 2.45. The van der Waals surface area contributed by atoms with Gasteiger partial charge in [-0.3, -0.25) is 4.79 Å². The number of rotatable bonds is 2. The number of cyclic esters (lactones) is 1. The van der Waals surface area contributed by atoms with Gasteiger partial charge in [0, 0.05) is 5.92 Å². The van der Waals surface area contributed by atoms with Crippen molar-refractivity contribution in [1.29, 1.82) is 0 Å². The molecular weight excluding hydrogens is 128 g/mol. The summed E-state index contributed by atoms with van der Waals surface area (Å²) in [7, 11) is 0. The lowest BCUT2D eigenvalue weighted by atomic mass is 10.2. The monoisotopic (exact) mass is 140 g/mol. The van der Waals surface area contributed by atoms with Crippen LogP contribution in [-0.4, -0.2) is 12.6 Å². The molecule has 1 saturated heterocycles. The highest BCUT2D eigenvalue weighted by molar-refractivity contribution is 5.78. The van der Waals surface area contributed by atoms with Gasteiger partial charge in [0.25, 0.3) is 0 Å². The van der Waals surface area contributed by atoms with E-state index in [4.69, 9.17) is 4.74 Å². The minimum atomic E-state index is 0.0588. The van der Waals surface area contributed by atoms with Gasteiger partial charge in [0.15, 0.2) is 0 Å². The summed E-state index contributed by atoms with van der Waals surface area (Å²) in [6.07, 6.45) is 2.41. The summed E-state index contributed by atoms with van der Waals surface area (Å²) < 4.78 is 4.85. The number of fused-ring (bicyclic) bond motifs is 1. The smallest absolute Gasteiger partial charge is 0.309 e. The van der Waals surface area contributed by atoms with Crippen molar-refractivity contribution in [1.82, 2.24) is 0 Å². The summed E-state index contributed by atoms with van der Waals surface area (Å²) in [5, 5.41) is 0. The minimum absolute atomic E-state index is 0.0588. The molecule has 1 heterocycles. The fraction of sp³-hybridized carbons (Fsp3) is 0.875. The number of esters is 1. The van der Waals surface area contributed by atoms with Crippen molar-refractivity contribution in [2.75, 3.05) is 6.61 Å². The Morgan fingerprint density at radius 3 is 3.00 bits per heavy atom. The van der Waals surface area contributed by atoms with Crippen LogP contribution < -0.4 is 0 Å². The van der Waals surface area contributed by atoms with Crippen molar-refractivity contribution in [2.45, 2.75) is 19.8 Å². The molecule has 1 aliphatic heterocycles. The second kappa shape index (κ2) is 1.97.